The minimum Gasteiger partial charge on any atom is -0.508 e. The van der Waals surface area contributed by atoms with Crippen LogP contribution in [0.25, 0.3) is 0 Å². The van der Waals surface area contributed by atoms with Crippen LogP contribution in [-0.2, 0) is 9.53 Å². The van der Waals surface area contributed by atoms with Crippen molar-refractivity contribution in [2.45, 2.75) is 116 Å². The lowest BCUT2D eigenvalue weighted by atomic mass is 10.0. The summed E-state index contributed by atoms with van der Waals surface area (Å²) in [6, 6.07) is 6.82. The van der Waals surface area contributed by atoms with Crippen LogP contribution in [0.5, 0.6) is 5.75 Å². The van der Waals surface area contributed by atoms with Gasteiger partial charge in [0.25, 0.3) is 0 Å². The van der Waals surface area contributed by atoms with Crippen LogP contribution in [0.15, 0.2) is 24.3 Å². The average molecular weight is 391 g/mol. The van der Waals surface area contributed by atoms with Crippen LogP contribution in [-0.4, -0.2) is 11.1 Å². The largest absolute Gasteiger partial charge is 0.508 e. The van der Waals surface area contributed by atoms with E-state index in [1.54, 1.807) is 24.3 Å². The molecule has 0 aliphatic rings. The Kier molecular flexibility index (Phi) is 14.4. The standard InChI is InChI=1S/C25H42O3/c1-3-4-5-6-7-8-9-10-11-12-13-14-15-16-17-25(27)28-22(2)23-18-20-24(26)21-19-23/h18-22,26H,3-17H2,1-2H3. The number of hydrogen-bond donors (Lipinski definition) is 1. The van der Waals surface area contributed by atoms with Crippen LogP contribution in [0.4, 0.5) is 0 Å². The predicted molar refractivity (Wildman–Crippen MR) is 118 cm³/mol. The van der Waals surface area contributed by atoms with Gasteiger partial charge in [0.1, 0.15) is 11.9 Å². The number of phenolic OH excluding ortho intramolecular Hbond substituents is 1. The van der Waals surface area contributed by atoms with E-state index >= 15 is 0 Å². The van der Waals surface area contributed by atoms with Crippen molar-refractivity contribution >= 4 is 5.97 Å². The van der Waals surface area contributed by atoms with Gasteiger partial charge in [-0.25, -0.2) is 0 Å². The lowest BCUT2D eigenvalue weighted by molar-refractivity contribution is -0.148. The third-order valence-electron chi connectivity index (χ3n) is 5.41. The van der Waals surface area contributed by atoms with Crippen molar-refractivity contribution in [3.8, 4) is 5.75 Å². The second-order valence-corrected chi connectivity index (χ2v) is 8.07. The molecule has 1 N–H and O–H groups in total. The quantitative estimate of drug-likeness (QED) is 0.217. The Morgan fingerprint density at radius 2 is 1.21 bits per heavy atom. The lowest BCUT2D eigenvalue weighted by Crippen LogP contribution is -2.08. The van der Waals surface area contributed by atoms with Gasteiger partial charge in [-0.3, -0.25) is 4.79 Å². The number of esters is 1. The number of aromatic hydroxyl groups is 1. The Bertz CT molecular complexity index is 495. The maximum Gasteiger partial charge on any atom is 0.306 e. The molecule has 28 heavy (non-hydrogen) atoms. The Labute approximate surface area is 172 Å². The van der Waals surface area contributed by atoms with Gasteiger partial charge in [-0.1, -0.05) is 103 Å². The van der Waals surface area contributed by atoms with Crippen LogP contribution in [0, 0.1) is 0 Å². The van der Waals surface area contributed by atoms with E-state index in [-0.39, 0.29) is 17.8 Å². The van der Waals surface area contributed by atoms with Gasteiger partial charge >= 0.3 is 5.97 Å². The molecule has 0 amide bonds. The smallest absolute Gasteiger partial charge is 0.306 e. The molecule has 1 unspecified atom stereocenters. The van der Waals surface area contributed by atoms with E-state index in [1.165, 1.54) is 77.0 Å². The average Bonchev–Trinajstić information content (AvgIpc) is 2.68. The maximum atomic E-state index is 11.9. The number of phenols is 1. The van der Waals surface area contributed by atoms with E-state index in [9.17, 15) is 9.90 Å². The van der Waals surface area contributed by atoms with Gasteiger partial charge in [-0.15, -0.1) is 0 Å². The number of unbranched alkanes of at least 4 members (excludes halogenated alkanes) is 13. The van der Waals surface area contributed by atoms with E-state index in [2.05, 4.69) is 6.92 Å². The number of hydrogen-bond acceptors (Lipinski definition) is 3. The zero-order chi connectivity index (χ0) is 20.5. The number of carbonyl (C=O) groups excluding carboxylic acids is 1. The van der Waals surface area contributed by atoms with Crippen molar-refractivity contribution in [2.75, 3.05) is 0 Å². The fraction of sp³-hybridized carbons (Fsp3) is 0.720. The first-order chi connectivity index (χ1) is 13.6. The molecular formula is C25H42O3. The second kappa shape index (κ2) is 16.4. The molecule has 0 fully saturated rings. The molecular weight excluding hydrogens is 348 g/mol. The normalized spacial score (nSPS) is 12.1. The van der Waals surface area contributed by atoms with Crippen molar-refractivity contribution in [3.63, 3.8) is 0 Å². The van der Waals surface area contributed by atoms with Crippen LogP contribution in [0.3, 0.4) is 0 Å². The highest BCUT2D eigenvalue weighted by Gasteiger charge is 2.11. The molecule has 0 aliphatic carbocycles. The third-order valence-corrected chi connectivity index (χ3v) is 5.41. The Balaban J connectivity index is 1.89. The maximum absolute atomic E-state index is 11.9. The van der Waals surface area contributed by atoms with Gasteiger partial charge < -0.3 is 9.84 Å². The summed E-state index contributed by atoms with van der Waals surface area (Å²) in [6.45, 7) is 4.14. The Morgan fingerprint density at radius 3 is 1.68 bits per heavy atom. The van der Waals surface area contributed by atoms with Crippen LogP contribution in [0.2, 0.25) is 0 Å². The third kappa shape index (κ3) is 12.8. The number of ether oxygens (including phenoxy) is 1. The molecule has 1 atom stereocenters. The SMILES string of the molecule is CCCCCCCCCCCCCCCCC(=O)OC(C)c1ccc(O)cc1. The highest BCUT2D eigenvalue weighted by Crippen LogP contribution is 2.20. The van der Waals surface area contributed by atoms with Crippen molar-refractivity contribution in [3.05, 3.63) is 29.8 Å². The second-order valence-electron chi connectivity index (χ2n) is 8.07. The summed E-state index contributed by atoms with van der Waals surface area (Å²) >= 11 is 0. The fourth-order valence-electron chi connectivity index (χ4n) is 3.53. The zero-order valence-electron chi connectivity index (χ0n) is 18.3. The molecule has 0 saturated heterocycles. The highest BCUT2D eigenvalue weighted by molar-refractivity contribution is 5.69. The van der Waals surface area contributed by atoms with E-state index < -0.39 is 0 Å². The summed E-state index contributed by atoms with van der Waals surface area (Å²) in [5.74, 6) is 0.101. The van der Waals surface area contributed by atoms with Crippen molar-refractivity contribution < 1.29 is 14.6 Å². The molecule has 0 heterocycles. The van der Waals surface area contributed by atoms with Crippen LogP contribution in [0.1, 0.15) is 122 Å². The first-order valence-corrected chi connectivity index (χ1v) is 11.6. The molecule has 0 radical (unpaired) electrons. The first kappa shape index (κ1) is 24.5. The molecule has 3 nitrogen and oxygen atoms in total. The lowest BCUT2D eigenvalue weighted by Gasteiger charge is -2.13. The molecule has 0 saturated carbocycles. The monoisotopic (exact) mass is 390 g/mol. The molecule has 0 aromatic heterocycles. The topological polar surface area (TPSA) is 46.5 Å². The van der Waals surface area contributed by atoms with Crippen LogP contribution >= 0.6 is 0 Å². The summed E-state index contributed by atoms with van der Waals surface area (Å²) < 4.78 is 5.47. The Morgan fingerprint density at radius 1 is 0.786 bits per heavy atom. The first-order valence-electron chi connectivity index (χ1n) is 11.6. The molecule has 1 rings (SSSR count). The minimum absolute atomic E-state index is 0.125. The predicted octanol–water partition coefficient (Wildman–Crippen LogP) is 7.87. The van der Waals surface area contributed by atoms with E-state index in [4.69, 9.17) is 4.74 Å². The summed E-state index contributed by atoms with van der Waals surface area (Å²) in [7, 11) is 0. The molecule has 3 heteroatoms. The van der Waals surface area contributed by atoms with Crippen molar-refractivity contribution in [2.24, 2.45) is 0 Å². The van der Waals surface area contributed by atoms with E-state index in [0.717, 1.165) is 18.4 Å². The summed E-state index contributed by atoms with van der Waals surface area (Å²) in [5.41, 5.74) is 0.909. The fourth-order valence-corrected chi connectivity index (χ4v) is 3.53. The summed E-state index contributed by atoms with van der Waals surface area (Å²) in [6.07, 6.45) is 18.6. The molecule has 1 aromatic rings. The number of rotatable bonds is 17. The van der Waals surface area contributed by atoms with Gasteiger partial charge in [0.15, 0.2) is 0 Å². The van der Waals surface area contributed by atoms with Crippen molar-refractivity contribution in [1.82, 2.24) is 0 Å². The van der Waals surface area contributed by atoms with Gasteiger partial charge in [0.2, 0.25) is 0 Å². The molecule has 160 valence electrons. The number of carbonyl (C=O) groups is 1. The van der Waals surface area contributed by atoms with E-state index in [0.29, 0.717) is 6.42 Å². The van der Waals surface area contributed by atoms with Crippen LogP contribution < -0.4 is 0 Å². The molecule has 1 aromatic carbocycles. The molecule has 0 bridgehead atoms. The van der Waals surface area contributed by atoms with E-state index in [1.807, 2.05) is 6.92 Å². The molecule has 0 aliphatic heterocycles. The summed E-state index contributed by atoms with van der Waals surface area (Å²) in [4.78, 5) is 11.9. The highest BCUT2D eigenvalue weighted by atomic mass is 16.5. The number of benzene rings is 1. The van der Waals surface area contributed by atoms with Gasteiger partial charge in [-0.2, -0.15) is 0 Å². The van der Waals surface area contributed by atoms with Gasteiger partial charge in [-0.05, 0) is 31.0 Å². The summed E-state index contributed by atoms with van der Waals surface area (Å²) in [5, 5.41) is 9.31. The molecule has 0 spiro atoms. The van der Waals surface area contributed by atoms with Gasteiger partial charge in [0.05, 0.1) is 0 Å². The minimum atomic E-state index is -0.264. The van der Waals surface area contributed by atoms with Crippen molar-refractivity contribution in [1.29, 1.82) is 0 Å². The van der Waals surface area contributed by atoms with Gasteiger partial charge in [0, 0.05) is 6.42 Å². The zero-order valence-corrected chi connectivity index (χ0v) is 18.3. The Hall–Kier alpha value is -1.51.